The Kier molecular flexibility index (Phi) is 5.23. The van der Waals surface area contributed by atoms with Gasteiger partial charge in [0.15, 0.2) is 5.16 Å². The van der Waals surface area contributed by atoms with Crippen LogP contribution in [0.5, 0.6) is 0 Å². The molecule has 1 saturated carbocycles. The third-order valence-electron chi connectivity index (χ3n) is 4.33. The molecule has 1 aliphatic rings. The Bertz CT molecular complexity index is 678. The molecule has 0 atom stereocenters. The molecule has 124 valence electrons. The van der Waals surface area contributed by atoms with Gasteiger partial charge in [0.1, 0.15) is 0 Å². The summed E-state index contributed by atoms with van der Waals surface area (Å²) >= 11 is 1.49. The van der Waals surface area contributed by atoms with Crippen LogP contribution in [0.1, 0.15) is 32.6 Å². The maximum atomic E-state index is 12.1. The maximum absolute atomic E-state index is 12.1. The van der Waals surface area contributed by atoms with Crippen LogP contribution in [0.15, 0.2) is 29.4 Å². The van der Waals surface area contributed by atoms with E-state index in [4.69, 9.17) is 0 Å². The van der Waals surface area contributed by atoms with E-state index in [0.717, 1.165) is 48.4 Å². The van der Waals surface area contributed by atoms with Crippen molar-refractivity contribution >= 4 is 28.7 Å². The molecule has 2 N–H and O–H groups in total. The molecule has 0 aliphatic heterocycles. The number of imidazole rings is 1. The molecule has 1 aromatic carbocycles. The molecule has 1 heterocycles. The number of aromatic nitrogens is 2. The van der Waals surface area contributed by atoms with Gasteiger partial charge in [-0.3, -0.25) is 4.79 Å². The van der Waals surface area contributed by atoms with Crippen molar-refractivity contribution in [3.05, 3.63) is 24.3 Å². The first-order chi connectivity index (χ1) is 11.2. The Labute approximate surface area is 140 Å². The summed E-state index contributed by atoms with van der Waals surface area (Å²) in [5, 5.41) is 13.5. The summed E-state index contributed by atoms with van der Waals surface area (Å²) in [4.78, 5) is 16.8. The van der Waals surface area contributed by atoms with E-state index in [-0.39, 0.29) is 18.1 Å². The summed E-state index contributed by atoms with van der Waals surface area (Å²) < 4.78 is 2.14. The molecule has 0 radical (unpaired) electrons. The molecule has 0 unspecified atom stereocenters. The lowest BCUT2D eigenvalue weighted by Gasteiger charge is -2.26. The number of hydrogen-bond donors (Lipinski definition) is 2. The Balaban J connectivity index is 1.58. The highest BCUT2D eigenvalue weighted by Crippen LogP contribution is 2.24. The predicted octanol–water partition coefficient (Wildman–Crippen LogP) is 2.57. The van der Waals surface area contributed by atoms with Crippen molar-refractivity contribution in [3.8, 4) is 0 Å². The first-order valence-corrected chi connectivity index (χ1v) is 9.21. The Morgan fingerprint density at radius 2 is 2.09 bits per heavy atom. The predicted molar refractivity (Wildman–Crippen MR) is 92.5 cm³/mol. The van der Waals surface area contributed by atoms with Gasteiger partial charge in [-0.25, -0.2) is 4.98 Å². The van der Waals surface area contributed by atoms with Crippen molar-refractivity contribution < 1.29 is 9.90 Å². The Hall–Kier alpha value is -1.53. The number of aryl methyl sites for hydroxylation is 1. The standard InChI is InChI=1S/C17H23N3O2S/c1-2-20-15-6-4-3-5-14(15)19-17(20)23-11-16(22)18-12-7-9-13(21)10-8-12/h3-6,12-13,21H,2,7-11H2,1H3,(H,18,22). The largest absolute Gasteiger partial charge is 0.393 e. The summed E-state index contributed by atoms with van der Waals surface area (Å²) in [5.41, 5.74) is 2.08. The number of para-hydroxylation sites is 2. The minimum Gasteiger partial charge on any atom is -0.393 e. The number of benzene rings is 1. The molecule has 1 fully saturated rings. The minimum atomic E-state index is -0.193. The highest BCUT2D eigenvalue weighted by atomic mass is 32.2. The number of carbonyl (C=O) groups excluding carboxylic acids is 1. The van der Waals surface area contributed by atoms with Crippen LogP contribution in [0.25, 0.3) is 11.0 Å². The number of nitrogens with one attached hydrogen (secondary N) is 1. The lowest BCUT2D eigenvalue weighted by molar-refractivity contribution is -0.119. The van der Waals surface area contributed by atoms with Crippen molar-refractivity contribution in [2.24, 2.45) is 0 Å². The van der Waals surface area contributed by atoms with Gasteiger partial charge in [-0.05, 0) is 44.7 Å². The number of amides is 1. The monoisotopic (exact) mass is 333 g/mol. The SMILES string of the molecule is CCn1c(SCC(=O)NC2CCC(O)CC2)nc2ccccc21. The van der Waals surface area contributed by atoms with Crippen LogP contribution in [0.4, 0.5) is 0 Å². The minimum absolute atomic E-state index is 0.0473. The van der Waals surface area contributed by atoms with E-state index in [9.17, 15) is 9.90 Å². The van der Waals surface area contributed by atoms with E-state index >= 15 is 0 Å². The summed E-state index contributed by atoms with van der Waals surface area (Å²) in [6.45, 7) is 2.93. The van der Waals surface area contributed by atoms with Crippen molar-refractivity contribution in [3.63, 3.8) is 0 Å². The van der Waals surface area contributed by atoms with Crippen molar-refractivity contribution in [2.75, 3.05) is 5.75 Å². The molecular weight excluding hydrogens is 310 g/mol. The number of aliphatic hydroxyl groups excluding tert-OH is 1. The summed E-state index contributed by atoms with van der Waals surface area (Å²) in [7, 11) is 0. The second-order valence-corrected chi connectivity index (χ2v) is 6.93. The molecule has 1 amide bonds. The zero-order valence-electron chi connectivity index (χ0n) is 13.4. The number of nitrogens with zero attached hydrogens (tertiary/aromatic N) is 2. The number of fused-ring (bicyclic) bond motifs is 1. The van der Waals surface area contributed by atoms with Crippen molar-refractivity contribution in [1.29, 1.82) is 0 Å². The van der Waals surface area contributed by atoms with Gasteiger partial charge in [-0.15, -0.1) is 0 Å². The lowest BCUT2D eigenvalue weighted by atomic mass is 9.93. The fourth-order valence-corrected chi connectivity index (χ4v) is 3.98. The number of rotatable bonds is 5. The molecule has 5 nitrogen and oxygen atoms in total. The van der Waals surface area contributed by atoms with Gasteiger partial charge in [0.05, 0.1) is 22.9 Å². The van der Waals surface area contributed by atoms with Crippen LogP contribution in [-0.4, -0.2) is 38.5 Å². The molecular formula is C17H23N3O2S. The summed E-state index contributed by atoms with van der Waals surface area (Å²) in [6.07, 6.45) is 3.10. The highest BCUT2D eigenvalue weighted by Gasteiger charge is 2.21. The average molecular weight is 333 g/mol. The molecule has 0 saturated heterocycles. The first kappa shape index (κ1) is 16.3. The van der Waals surface area contributed by atoms with Gasteiger partial charge in [-0.2, -0.15) is 0 Å². The van der Waals surface area contributed by atoms with Gasteiger partial charge in [0.2, 0.25) is 5.91 Å². The van der Waals surface area contributed by atoms with E-state index in [2.05, 4.69) is 27.9 Å². The van der Waals surface area contributed by atoms with E-state index < -0.39 is 0 Å². The van der Waals surface area contributed by atoms with Crippen molar-refractivity contribution in [1.82, 2.24) is 14.9 Å². The lowest BCUT2D eigenvalue weighted by Crippen LogP contribution is -2.39. The molecule has 0 spiro atoms. The van der Waals surface area contributed by atoms with E-state index in [0.29, 0.717) is 5.75 Å². The topological polar surface area (TPSA) is 67.2 Å². The molecule has 3 rings (SSSR count). The second-order valence-electron chi connectivity index (χ2n) is 5.99. The number of carbonyl (C=O) groups is 1. The van der Waals surface area contributed by atoms with Gasteiger partial charge in [0.25, 0.3) is 0 Å². The normalized spacial score (nSPS) is 21.5. The Morgan fingerprint density at radius 1 is 1.35 bits per heavy atom. The zero-order valence-corrected chi connectivity index (χ0v) is 14.2. The van der Waals surface area contributed by atoms with Gasteiger partial charge >= 0.3 is 0 Å². The van der Waals surface area contributed by atoms with Crippen LogP contribution < -0.4 is 5.32 Å². The van der Waals surface area contributed by atoms with Crippen LogP contribution in [0.2, 0.25) is 0 Å². The van der Waals surface area contributed by atoms with Crippen LogP contribution in [0, 0.1) is 0 Å². The fraction of sp³-hybridized carbons (Fsp3) is 0.529. The molecule has 0 bridgehead atoms. The van der Waals surface area contributed by atoms with E-state index in [1.807, 2.05) is 18.2 Å². The molecule has 1 aromatic heterocycles. The number of thioether (sulfide) groups is 1. The number of hydrogen-bond acceptors (Lipinski definition) is 4. The van der Waals surface area contributed by atoms with Gasteiger partial charge in [-0.1, -0.05) is 23.9 Å². The molecule has 1 aliphatic carbocycles. The third kappa shape index (κ3) is 3.87. The Morgan fingerprint density at radius 3 is 2.83 bits per heavy atom. The fourth-order valence-electron chi connectivity index (χ4n) is 3.09. The van der Waals surface area contributed by atoms with Crippen LogP contribution >= 0.6 is 11.8 Å². The van der Waals surface area contributed by atoms with E-state index in [1.165, 1.54) is 11.8 Å². The van der Waals surface area contributed by atoms with Crippen LogP contribution in [0.3, 0.4) is 0 Å². The van der Waals surface area contributed by atoms with Crippen molar-refractivity contribution in [2.45, 2.75) is 56.5 Å². The summed E-state index contributed by atoms with van der Waals surface area (Å²) in [6, 6.07) is 8.25. The summed E-state index contributed by atoms with van der Waals surface area (Å²) in [5.74, 6) is 0.425. The zero-order chi connectivity index (χ0) is 16.2. The quantitative estimate of drug-likeness (QED) is 0.825. The van der Waals surface area contributed by atoms with Gasteiger partial charge < -0.3 is 15.0 Å². The van der Waals surface area contributed by atoms with E-state index in [1.54, 1.807) is 0 Å². The molecule has 23 heavy (non-hydrogen) atoms. The second kappa shape index (κ2) is 7.36. The smallest absolute Gasteiger partial charge is 0.230 e. The average Bonchev–Trinajstić information content (AvgIpc) is 2.92. The first-order valence-electron chi connectivity index (χ1n) is 8.23. The molecule has 6 heteroatoms. The third-order valence-corrected chi connectivity index (χ3v) is 5.31. The highest BCUT2D eigenvalue weighted by molar-refractivity contribution is 7.99. The molecule has 2 aromatic rings. The number of aliphatic hydroxyl groups is 1. The van der Waals surface area contributed by atoms with Gasteiger partial charge in [0, 0.05) is 12.6 Å². The maximum Gasteiger partial charge on any atom is 0.230 e. The van der Waals surface area contributed by atoms with Crippen LogP contribution in [-0.2, 0) is 11.3 Å².